The maximum Gasteiger partial charge on any atom is 0.416 e. The number of fused-ring (bicyclic) bond motifs is 1. The highest BCUT2D eigenvalue weighted by Crippen LogP contribution is 2.46. The Balaban J connectivity index is 1.34. The summed E-state index contributed by atoms with van der Waals surface area (Å²) in [4.78, 5) is 24.1. The van der Waals surface area contributed by atoms with Gasteiger partial charge in [-0.25, -0.2) is 17.8 Å². The Bertz CT molecular complexity index is 2000. The van der Waals surface area contributed by atoms with Crippen molar-refractivity contribution < 1.29 is 30.8 Å². The molecule has 12 heteroatoms. The number of nitrogens with one attached hydrogen (secondary N) is 1. The van der Waals surface area contributed by atoms with E-state index in [1.165, 1.54) is 24.3 Å². The lowest BCUT2D eigenvalue weighted by Crippen LogP contribution is -2.48. The molecule has 0 unspecified atom stereocenters. The predicted octanol–water partition coefficient (Wildman–Crippen LogP) is 7.14. The fraction of sp³-hybridized carbons (Fsp3) is 0.421. The Morgan fingerprint density at radius 2 is 1.62 bits per heavy atom. The van der Waals surface area contributed by atoms with Gasteiger partial charge >= 0.3 is 6.18 Å². The van der Waals surface area contributed by atoms with Crippen molar-refractivity contribution in [1.29, 1.82) is 0 Å². The number of amides is 1. The van der Waals surface area contributed by atoms with Crippen molar-refractivity contribution in [2.45, 2.75) is 73.9 Å². The van der Waals surface area contributed by atoms with Crippen molar-refractivity contribution in [3.8, 4) is 11.3 Å². The van der Waals surface area contributed by atoms with E-state index in [2.05, 4.69) is 15.1 Å². The summed E-state index contributed by atoms with van der Waals surface area (Å²) in [5.41, 5.74) is 0.924. The number of carbonyl (C=O) groups excluding carboxylic acids is 1. The van der Waals surface area contributed by atoms with Gasteiger partial charge in [-0.15, -0.1) is 0 Å². The van der Waals surface area contributed by atoms with Crippen LogP contribution in [0.5, 0.6) is 0 Å². The number of piperidine rings is 2. The van der Waals surface area contributed by atoms with Crippen molar-refractivity contribution in [3.63, 3.8) is 0 Å². The average Bonchev–Trinajstić information content (AvgIpc) is 3.88. The number of benzene rings is 3. The van der Waals surface area contributed by atoms with Gasteiger partial charge in [0.15, 0.2) is 9.84 Å². The Morgan fingerprint density at radius 3 is 2.26 bits per heavy atom. The first kappa shape index (κ1) is 34.6. The van der Waals surface area contributed by atoms with Gasteiger partial charge < -0.3 is 10.2 Å². The fourth-order valence-corrected chi connectivity index (χ4v) is 8.20. The number of rotatable bonds is 8. The van der Waals surface area contributed by atoms with Crippen molar-refractivity contribution in [2.24, 2.45) is 0 Å². The SMILES string of the molecule is CS(=O)(=O)c1ccc2nc(-c3cccc(C(F)(F)F)c3)c(CN3CCC(N4CCC(F)CC4)CC3)c(C(=O)NC3(c4ccccc4)CC3)c2c1. The van der Waals surface area contributed by atoms with E-state index in [4.69, 9.17) is 4.98 Å². The highest BCUT2D eigenvalue weighted by Gasteiger charge is 2.46. The van der Waals surface area contributed by atoms with E-state index < -0.39 is 39.2 Å². The first-order valence-electron chi connectivity index (χ1n) is 17.1. The minimum Gasteiger partial charge on any atom is -0.342 e. The Hall–Kier alpha value is -3.87. The number of nitrogens with zero attached hydrogens (tertiary/aromatic N) is 3. The highest BCUT2D eigenvalue weighted by molar-refractivity contribution is 7.90. The van der Waals surface area contributed by atoms with Crippen LogP contribution in [0.3, 0.4) is 0 Å². The van der Waals surface area contributed by atoms with Gasteiger partial charge in [0.05, 0.1) is 32.8 Å². The minimum absolute atomic E-state index is 0.0145. The molecule has 0 bridgehead atoms. The first-order chi connectivity index (χ1) is 23.8. The predicted molar refractivity (Wildman–Crippen MR) is 184 cm³/mol. The number of carbonyl (C=O) groups is 1. The van der Waals surface area contributed by atoms with E-state index in [0.717, 1.165) is 49.9 Å². The number of hydrogen-bond acceptors (Lipinski definition) is 6. The van der Waals surface area contributed by atoms with E-state index in [1.54, 1.807) is 6.07 Å². The normalized spacial score (nSPS) is 19.5. The van der Waals surface area contributed by atoms with Crippen LogP contribution in [0.25, 0.3) is 22.2 Å². The number of aromatic nitrogens is 1. The molecule has 50 heavy (non-hydrogen) atoms. The van der Waals surface area contributed by atoms with Gasteiger partial charge in [-0.3, -0.25) is 9.69 Å². The largest absolute Gasteiger partial charge is 0.416 e. The minimum atomic E-state index is -4.59. The van der Waals surface area contributed by atoms with Crippen LogP contribution >= 0.6 is 0 Å². The van der Waals surface area contributed by atoms with Crippen molar-refractivity contribution >= 4 is 26.6 Å². The van der Waals surface area contributed by atoms with Crippen LogP contribution in [0.15, 0.2) is 77.7 Å². The van der Waals surface area contributed by atoms with Crippen LogP contribution in [-0.4, -0.2) is 73.8 Å². The summed E-state index contributed by atoms with van der Waals surface area (Å²) in [6.45, 7) is 2.99. The van der Waals surface area contributed by atoms with Gasteiger partial charge in [-0.1, -0.05) is 42.5 Å². The number of alkyl halides is 4. The van der Waals surface area contributed by atoms with E-state index in [0.29, 0.717) is 61.3 Å². The number of halogens is 4. The molecule has 1 N–H and O–H groups in total. The molecule has 3 aliphatic rings. The van der Waals surface area contributed by atoms with Crippen LogP contribution in [-0.2, 0) is 28.1 Å². The molecule has 1 aliphatic carbocycles. The third-order valence-electron chi connectivity index (χ3n) is 10.5. The average molecular weight is 709 g/mol. The molecule has 1 aromatic heterocycles. The molecular formula is C38H40F4N4O3S. The molecule has 0 atom stereocenters. The Labute approximate surface area is 289 Å². The maximum atomic E-state index is 14.7. The zero-order valence-electron chi connectivity index (χ0n) is 27.8. The van der Waals surface area contributed by atoms with Gasteiger partial charge in [0.2, 0.25) is 0 Å². The molecule has 0 spiro atoms. The zero-order chi connectivity index (χ0) is 35.3. The van der Waals surface area contributed by atoms with Crippen molar-refractivity contribution in [3.05, 3.63) is 95.1 Å². The number of likely N-dealkylation sites (tertiary alicyclic amines) is 2. The topological polar surface area (TPSA) is 82.6 Å². The molecule has 264 valence electrons. The molecule has 2 saturated heterocycles. The lowest BCUT2D eigenvalue weighted by molar-refractivity contribution is -0.137. The van der Waals surface area contributed by atoms with Crippen LogP contribution in [0.1, 0.15) is 65.6 Å². The summed E-state index contributed by atoms with van der Waals surface area (Å²) in [6.07, 6.45) is -0.124. The van der Waals surface area contributed by atoms with Crippen LogP contribution in [0.4, 0.5) is 17.6 Å². The number of pyridine rings is 1. The summed E-state index contributed by atoms with van der Waals surface area (Å²) >= 11 is 0. The second kappa shape index (κ2) is 13.4. The third kappa shape index (κ3) is 7.15. The first-order valence-corrected chi connectivity index (χ1v) is 19.0. The Kier molecular flexibility index (Phi) is 9.23. The monoisotopic (exact) mass is 708 g/mol. The number of hydrogen-bond donors (Lipinski definition) is 1. The molecule has 4 aromatic rings. The summed E-state index contributed by atoms with van der Waals surface area (Å²) in [5, 5.41) is 3.57. The molecule has 1 saturated carbocycles. The van der Waals surface area contributed by atoms with Crippen molar-refractivity contribution in [2.75, 3.05) is 32.4 Å². The van der Waals surface area contributed by atoms with Crippen LogP contribution < -0.4 is 5.32 Å². The zero-order valence-corrected chi connectivity index (χ0v) is 28.7. The molecule has 2 aliphatic heterocycles. The summed E-state index contributed by atoms with van der Waals surface area (Å²) < 4.78 is 81.2. The molecule has 3 heterocycles. The molecule has 3 aromatic carbocycles. The summed E-state index contributed by atoms with van der Waals surface area (Å²) in [6, 6.07) is 19.2. The molecule has 1 amide bonds. The molecule has 7 rings (SSSR count). The van der Waals surface area contributed by atoms with Gasteiger partial charge in [0.25, 0.3) is 5.91 Å². The molecule has 3 fully saturated rings. The molecule has 0 radical (unpaired) electrons. The van der Waals surface area contributed by atoms with Gasteiger partial charge in [0.1, 0.15) is 6.17 Å². The summed E-state index contributed by atoms with van der Waals surface area (Å²) in [7, 11) is -3.67. The summed E-state index contributed by atoms with van der Waals surface area (Å²) in [5.74, 6) is -0.434. The lowest BCUT2D eigenvalue weighted by atomic mass is 9.93. The van der Waals surface area contributed by atoms with E-state index >= 15 is 0 Å². The van der Waals surface area contributed by atoms with E-state index in [9.17, 15) is 30.8 Å². The molecular weight excluding hydrogens is 669 g/mol. The van der Waals surface area contributed by atoms with Gasteiger partial charge in [0, 0.05) is 48.4 Å². The standard InChI is InChI=1S/C38H40F4N4O3S/c1-50(48,49)30-10-11-33-31(23-30)34(36(47)44-37(16-17-37)26-7-3-2-4-8-26)32(35(43-33)25-6-5-9-27(22-25)38(40,41)42)24-45-18-14-29(15-19-45)46-20-12-28(39)13-21-46/h2-11,22-23,28-29H,12-21,24H2,1H3,(H,44,47). The fourth-order valence-electron chi connectivity index (χ4n) is 7.55. The smallest absolute Gasteiger partial charge is 0.342 e. The van der Waals surface area contributed by atoms with E-state index in [1.807, 2.05) is 30.3 Å². The van der Waals surface area contributed by atoms with Crippen LogP contribution in [0.2, 0.25) is 0 Å². The lowest BCUT2D eigenvalue weighted by Gasteiger charge is -2.41. The quantitative estimate of drug-likeness (QED) is 0.196. The second-order valence-corrected chi connectivity index (χ2v) is 16.0. The highest BCUT2D eigenvalue weighted by atomic mass is 32.2. The van der Waals surface area contributed by atoms with Crippen molar-refractivity contribution in [1.82, 2.24) is 20.1 Å². The molecule has 7 nitrogen and oxygen atoms in total. The Morgan fingerprint density at radius 1 is 0.920 bits per heavy atom. The maximum absolute atomic E-state index is 14.7. The number of sulfone groups is 1. The third-order valence-corrected chi connectivity index (χ3v) is 11.6. The van der Waals surface area contributed by atoms with Gasteiger partial charge in [-0.2, -0.15) is 13.2 Å². The van der Waals surface area contributed by atoms with Gasteiger partial charge in [-0.05, 0) is 87.5 Å². The second-order valence-electron chi connectivity index (χ2n) is 14.0. The van der Waals surface area contributed by atoms with Crippen LogP contribution in [0, 0.1) is 0 Å². The van der Waals surface area contributed by atoms with E-state index in [-0.39, 0.29) is 28.3 Å².